The van der Waals surface area contributed by atoms with Crippen molar-refractivity contribution in [1.82, 2.24) is 5.32 Å². The van der Waals surface area contributed by atoms with E-state index in [4.69, 9.17) is 9.47 Å². The second-order valence-electron chi connectivity index (χ2n) is 6.77. The van der Waals surface area contributed by atoms with Gasteiger partial charge >= 0.3 is 0 Å². The van der Waals surface area contributed by atoms with E-state index in [1.165, 1.54) is 5.56 Å². The summed E-state index contributed by atoms with van der Waals surface area (Å²) in [6.07, 6.45) is 2.19. The lowest BCUT2D eigenvalue weighted by Gasteiger charge is -2.14. The van der Waals surface area contributed by atoms with E-state index in [2.05, 4.69) is 11.4 Å². The minimum atomic E-state index is -0.0877. The molecule has 5 heteroatoms. The van der Waals surface area contributed by atoms with Gasteiger partial charge in [0.25, 0.3) is 0 Å². The van der Waals surface area contributed by atoms with Crippen LogP contribution in [-0.4, -0.2) is 32.0 Å². The van der Waals surface area contributed by atoms with Crippen LogP contribution in [0.15, 0.2) is 48.5 Å². The van der Waals surface area contributed by atoms with E-state index < -0.39 is 0 Å². The van der Waals surface area contributed by atoms with Crippen LogP contribution in [0.1, 0.15) is 35.2 Å². The third-order valence-electron chi connectivity index (χ3n) is 4.84. The van der Waals surface area contributed by atoms with Gasteiger partial charge in [0.15, 0.2) is 5.78 Å². The Balaban J connectivity index is 1.43. The molecule has 0 aliphatic carbocycles. The summed E-state index contributed by atoms with van der Waals surface area (Å²) in [6, 6.07) is 15.0. The standard InChI is InChI=1S/C22H25NO4/c1-26-19-8-6-17(7-9-19)20(24)10-11-22(25)23-15-16-12-13-27-21-5-3-2-4-18(21)14-16/h2-9,16H,10-15H2,1H3,(H,23,25)/t16-/m0/s1. The number of ether oxygens (including phenoxy) is 2. The largest absolute Gasteiger partial charge is 0.497 e. The molecule has 3 rings (SSSR count). The van der Waals surface area contributed by atoms with Crippen molar-refractivity contribution < 1.29 is 19.1 Å². The molecule has 1 aliphatic heterocycles. The highest BCUT2D eigenvalue weighted by Gasteiger charge is 2.18. The number of carbonyl (C=O) groups is 2. The summed E-state index contributed by atoms with van der Waals surface area (Å²) in [6.45, 7) is 1.26. The molecule has 1 atom stereocenters. The van der Waals surface area contributed by atoms with Crippen LogP contribution in [0.2, 0.25) is 0 Å². The number of hydrogen-bond donors (Lipinski definition) is 1. The zero-order valence-corrected chi connectivity index (χ0v) is 15.6. The van der Waals surface area contributed by atoms with Crippen LogP contribution in [0.4, 0.5) is 0 Å². The Morgan fingerprint density at radius 1 is 1.11 bits per heavy atom. The average Bonchev–Trinajstić information content (AvgIpc) is 2.92. The molecule has 5 nitrogen and oxygen atoms in total. The first-order valence-corrected chi connectivity index (χ1v) is 9.30. The van der Waals surface area contributed by atoms with Crippen molar-refractivity contribution in [3.8, 4) is 11.5 Å². The summed E-state index contributed by atoms with van der Waals surface area (Å²) in [4.78, 5) is 24.3. The topological polar surface area (TPSA) is 64.6 Å². The molecule has 1 amide bonds. The van der Waals surface area contributed by atoms with Gasteiger partial charge in [-0.15, -0.1) is 0 Å². The van der Waals surface area contributed by atoms with Crippen molar-refractivity contribution >= 4 is 11.7 Å². The lowest BCUT2D eigenvalue weighted by Crippen LogP contribution is -2.30. The summed E-state index contributed by atoms with van der Waals surface area (Å²) >= 11 is 0. The molecule has 0 radical (unpaired) electrons. The van der Waals surface area contributed by atoms with Crippen molar-refractivity contribution in [2.75, 3.05) is 20.3 Å². The van der Waals surface area contributed by atoms with Crippen LogP contribution in [0.3, 0.4) is 0 Å². The Morgan fingerprint density at radius 2 is 1.89 bits per heavy atom. The molecule has 27 heavy (non-hydrogen) atoms. The van der Waals surface area contributed by atoms with Gasteiger partial charge in [-0.25, -0.2) is 0 Å². The van der Waals surface area contributed by atoms with E-state index >= 15 is 0 Å². The average molecular weight is 367 g/mol. The number of benzene rings is 2. The molecule has 1 heterocycles. The maximum absolute atomic E-state index is 12.2. The second kappa shape index (κ2) is 9.21. The molecule has 0 spiro atoms. The Kier molecular flexibility index (Phi) is 6.47. The second-order valence-corrected chi connectivity index (χ2v) is 6.77. The molecule has 0 bridgehead atoms. The Hall–Kier alpha value is -2.82. The normalized spacial score (nSPS) is 15.8. The molecule has 0 saturated heterocycles. The summed E-state index contributed by atoms with van der Waals surface area (Å²) in [5.74, 6) is 1.87. The number of nitrogens with one attached hydrogen (secondary N) is 1. The summed E-state index contributed by atoms with van der Waals surface area (Å²) < 4.78 is 10.8. The Bertz CT molecular complexity index is 785. The molecular weight excluding hydrogens is 342 g/mol. The number of methoxy groups -OCH3 is 1. The fourth-order valence-electron chi connectivity index (χ4n) is 3.23. The molecule has 0 fully saturated rings. The van der Waals surface area contributed by atoms with E-state index in [9.17, 15) is 9.59 Å². The smallest absolute Gasteiger partial charge is 0.220 e. The first kappa shape index (κ1) is 19.0. The number of Topliss-reactive ketones (excluding diaryl/α,β-unsaturated/α-hetero) is 1. The number of carbonyl (C=O) groups excluding carboxylic acids is 2. The van der Waals surface area contributed by atoms with E-state index in [1.54, 1.807) is 31.4 Å². The fourth-order valence-corrected chi connectivity index (χ4v) is 3.23. The van der Waals surface area contributed by atoms with Crippen LogP contribution in [0.5, 0.6) is 11.5 Å². The Morgan fingerprint density at radius 3 is 2.67 bits per heavy atom. The summed E-state index contributed by atoms with van der Waals surface area (Å²) in [5, 5.41) is 2.97. The van der Waals surface area contributed by atoms with Crippen molar-refractivity contribution in [2.45, 2.75) is 25.7 Å². The first-order valence-electron chi connectivity index (χ1n) is 9.30. The van der Waals surface area contributed by atoms with E-state index in [-0.39, 0.29) is 24.5 Å². The SMILES string of the molecule is COc1ccc(C(=O)CCC(=O)NC[C@H]2CCOc3ccccc3C2)cc1. The van der Waals surface area contributed by atoms with E-state index in [0.717, 1.165) is 18.6 Å². The molecule has 0 aromatic heterocycles. The number of amides is 1. The maximum atomic E-state index is 12.2. The van der Waals surface area contributed by atoms with Gasteiger partial charge in [0.2, 0.25) is 5.91 Å². The van der Waals surface area contributed by atoms with Gasteiger partial charge in [0, 0.05) is 24.9 Å². The van der Waals surface area contributed by atoms with Gasteiger partial charge < -0.3 is 14.8 Å². The van der Waals surface area contributed by atoms with Crippen LogP contribution in [0, 0.1) is 5.92 Å². The lowest BCUT2D eigenvalue weighted by atomic mass is 9.97. The zero-order valence-electron chi connectivity index (χ0n) is 15.6. The lowest BCUT2D eigenvalue weighted by molar-refractivity contribution is -0.121. The third-order valence-corrected chi connectivity index (χ3v) is 4.84. The van der Waals surface area contributed by atoms with E-state index in [1.807, 2.05) is 18.2 Å². The fraction of sp³-hybridized carbons (Fsp3) is 0.364. The monoisotopic (exact) mass is 367 g/mol. The number of ketones is 1. The highest BCUT2D eigenvalue weighted by molar-refractivity contribution is 5.98. The molecule has 0 unspecified atom stereocenters. The Labute approximate surface area is 159 Å². The van der Waals surface area contributed by atoms with Gasteiger partial charge in [-0.3, -0.25) is 9.59 Å². The predicted molar refractivity (Wildman–Crippen MR) is 103 cm³/mol. The maximum Gasteiger partial charge on any atom is 0.220 e. The number of hydrogen-bond acceptors (Lipinski definition) is 4. The molecule has 2 aromatic rings. The highest BCUT2D eigenvalue weighted by Crippen LogP contribution is 2.26. The number of fused-ring (bicyclic) bond motifs is 1. The molecule has 2 aromatic carbocycles. The van der Waals surface area contributed by atoms with Crippen molar-refractivity contribution in [3.05, 3.63) is 59.7 Å². The van der Waals surface area contributed by atoms with Crippen molar-refractivity contribution in [2.24, 2.45) is 5.92 Å². The van der Waals surface area contributed by atoms with Gasteiger partial charge in [-0.05, 0) is 54.7 Å². The van der Waals surface area contributed by atoms with Crippen LogP contribution in [-0.2, 0) is 11.2 Å². The third kappa shape index (κ3) is 5.33. The van der Waals surface area contributed by atoms with Gasteiger partial charge in [-0.2, -0.15) is 0 Å². The molecule has 1 aliphatic rings. The minimum absolute atomic E-state index is 0.0374. The predicted octanol–water partition coefficient (Wildman–Crippen LogP) is 3.42. The molecule has 0 saturated carbocycles. The van der Waals surface area contributed by atoms with Gasteiger partial charge in [-0.1, -0.05) is 18.2 Å². The number of rotatable bonds is 7. The minimum Gasteiger partial charge on any atom is -0.497 e. The summed E-state index contributed by atoms with van der Waals surface area (Å²) in [5.41, 5.74) is 1.78. The first-order chi connectivity index (χ1) is 13.2. The summed E-state index contributed by atoms with van der Waals surface area (Å²) in [7, 11) is 1.58. The molecule has 1 N–H and O–H groups in total. The van der Waals surface area contributed by atoms with Gasteiger partial charge in [0.05, 0.1) is 13.7 Å². The molecule has 142 valence electrons. The zero-order chi connectivity index (χ0) is 19.1. The highest BCUT2D eigenvalue weighted by atomic mass is 16.5. The quantitative estimate of drug-likeness (QED) is 0.762. The van der Waals surface area contributed by atoms with Crippen LogP contribution in [0.25, 0.3) is 0 Å². The van der Waals surface area contributed by atoms with Crippen molar-refractivity contribution in [1.29, 1.82) is 0 Å². The van der Waals surface area contributed by atoms with E-state index in [0.29, 0.717) is 30.4 Å². The van der Waals surface area contributed by atoms with Crippen LogP contribution >= 0.6 is 0 Å². The van der Waals surface area contributed by atoms with Gasteiger partial charge in [0.1, 0.15) is 11.5 Å². The van der Waals surface area contributed by atoms with Crippen LogP contribution < -0.4 is 14.8 Å². The molecular formula is C22H25NO4. The van der Waals surface area contributed by atoms with Crippen molar-refractivity contribution in [3.63, 3.8) is 0 Å². The number of para-hydroxylation sites is 1.